The highest BCUT2D eigenvalue weighted by Crippen LogP contribution is 2.10. The lowest BCUT2D eigenvalue weighted by Gasteiger charge is -2.02. The first-order chi connectivity index (χ1) is 6.83. The first kappa shape index (κ1) is 11.5. The van der Waals surface area contributed by atoms with Gasteiger partial charge in [0.1, 0.15) is 0 Å². The fraction of sp³-hybridized carbons (Fsp3) is 0.600. The van der Waals surface area contributed by atoms with Crippen LogP contribution < -0.4 is 5.32 Å². The van der Waals surface area contributed by atoms with E-state index in [1.165, 1.54) is 6.42 Å². The molecule has 1 aromatic heterocycles. The lowest BCUT2D eigenvalue weighted by molar-refractivity contribution is 0.707. The Bertz CT molecular complexity index is 265. The molecule has 0 saturated heterocycles. The average molecular weight is 211 g/mol. The van der Waals surface area contributed by atoms with Crippen LogP contribution in [-0.4, -0.2) is 28.8 Å². The fourth-order valence-corrected chi connectivity index (χ4v) is 1.78. The van der Waals surface area contributed by atoms with E-state index in [9.17, 15) is 0 Å². The Hall–Kier alpha value is -0.610. The summed E-state index contributed by atoms with van der Waals surface area (Å²) in [6.45, 7) is 6.27. The van der Waals surface area contributed by atoms with Gasteiger partial charge in [-0.05, 0) is 26.0 Å². The molecule has 0 radical (unpaired) electrons. The fourth-order valence-electron chi connectivity index (χ4n) is 1.01. The van der Waals surface area contributed by atoms with Gasteiger partial charge >= 0.3 is 0 Å². The van der Waals surface area contributed by atoms with Crippen LogP contribution >= 0.6 is 11.8 Å². The summed E-state index contributed by atoms with van der Waals surface area (Å²) in [4.78, 5) is 8.50. The second-order valence-electron chi connectivity index (χ2n) is 3.08. The molecule has 0 aliphatic carbocycles. The van der Waals surface area contributed by atoms with E-state index in [1.807, 2.05) is 19.2 Å². The van der Waals surface area contributed by atoms with Crippen LogP contribution in [0.2, 0.25) is 0 Å². The van der Waals surface area contributed by atoms with Crippen molar-refractivity contribution in [3.63, 3.8) is 0 Å². The van der Waals surface area contributed by atoms with Crippen molar-refractivity contribution < 1.29 is 0 Å². The topological polar surface area (TPSA) is 37.8 Å². The Balaban J connectivity index is 2.18. The zero-order valence-electron chi connectivity index (χ0n) is 8.79. The molecule has 0 aliphatic rings. The minimum atomic E-state index is 0.878. The molecule has 1 N–H and O–H groups in total. The lowest BCUT2D eigenvalue weighted by atomic mass is 10.5. The standard InChI is InChI=1S/C10H17N3S/c1-3-5-11-7-8-14-10-12-6-4-9(2)13-10/h4,6,11H,3,5,7-8H2,1-2H3. The van der Waals surface area contributed by atoms with Crippen molar-refractivity contribution in [3.8, 4) is 0 Å². The van der Waals surface area contributed by atoms with Gasteiger partial charge in [-0.1, -0.05) is 18.7 Å². The van der Waals surface area contributed by atoms with Crippen molar-refractivity contribution in [1.82, 2.24) is 15.3 Å². The Morgan fingerprint density at radius 3 is 3.00 bits per heavy atom. The summed E-state index contributed by atoms with van der Waals surface area (Å²) in [5.74, 6) is 1.03. The molecule has 0 spiro atoms. The molecule has 78 valence electrons. The molecule has 3 nitrogen and oxygen atoms in total. The van der Waals surface area contributed by atoms with Gasteiger partial charge in [-0.25, -0.2) is 9.97 Å². The third-order valence-corrected chi connectivity index (χ3v) is 2.57. The molecular formula is C10H17N3S. The minimum absolute atomic E-state index is 0.878. The van der Waals surface area contributed by atoms with Crippen molar-refractivity contribution >= 4 is 11.8 Å². The molecule has 1 rings (SSSR count). The molecule has 1 heterocycles. The summed E-state index contributed by atoms with van der Waals surface area (Å²) in [7, 11) is 0. The van der Waals surface area contributed by atoms with Crippen molar-refractivity contribution in [2.24, 2.45) is 0 Å². The molecule has 0 saturated carbocycles. The van der Waals surface area contributed by atoms with Gasteiger partial charge in [-0.2, -0.15) is 0 Å². The van der Waals surface area contributed by atoms with Crippen LogP contribution in [0.1, 0.15) is 19.0 Å². The van der Waals surface area contributed by atoms with Crippen LogP contribution in [-0.2, 0) is 0 Å². The molecule has 4 heteroatoms. The summed E-state index contributed by atoms with van der Waals surface area (Å²) in [5.41, 5.74) is 1.03. The zero-order valence-corrected chi connectivity index (χ0v) is 9.60. The molecule has 0 unspecified atom stereocenters. The highest BCUT2D eigenvalue weighted by Gasteiger charge is 1.96. The molecule has 1 aromatic rings. The van der Waals surface area contributed by atoms with E-state index < -0.39 is 0 Å². The number of rotatable bonds is 6. The summed E-state index contributed by atoms with van der Waals surface area (Å²) in [6.07, 6.45) is 3.00. The Morgan fingerprint density at radius 1 is 1.43 bits per heavy atom. The zero-order chi connectivity index (χ0) is 10.2. The van der Waals surface area contributed by atoms with Gasteiger partial charge in [-0.15, -0.1) is 0 Å². The minimum Gasteiger partial charge on any atom is -0.316 e. The van der Waals surface area contributed by atoms with Crippen LogP contribution in [0.3, 0.4) is 0 Å². The van der Waals surface area contributed by atoms with E-state index in [2.05, 4.69) is 22.2 Å². The maximum Gasteiger partial charge on any atom is 0.187 e. The SMILES string of the molecule is CCCNCCSc1nccc(C)n1. The Labute approximate surface area is 89.7 Å². The van der Waals surface area contributed by atoms with Gasteiger partial charge in [0.2, 0.25) is 0 Å². The van der Waals surface area contributed by atoms with Crippen molar-refractivity contribution in [3.05, 3.63) is 18.0 Å². The number of aromatic nitrogens is 2. The normalized spacial score (nSPS) is 10.4. The van der Waals surface area contributed by atoms with Gasteiger partial charge in [0.05, 0.1) is 0 Å². The van der Waals surface area contributed by atoms with Gasteiger partial charge < -0.3 is 5.32 Å². The maximum atomic E-state index is 4.32. The van der Waals surface area contributed by atoms with E-state index in [0.29, 0.717) is 0 Å². The summed E-state index contributed by atoms with van der Waals surface area (Å²) in [6, 6.07) is 1.92. The number of hydrogen-bond acceptors (Lipinski definition) is 4. The number of hydrogen-bond donors (Lipinski definition) is 1. The number of nitrogens with one attached hydrogen (secondary N) is 1. The van der Waals surface area contributed by atoms with Gasteiger partial charge in [0, 0.05) is 24.2 Å². The molecule has 0 atom stereocenters. The first-order valence-electron chi connectivity index (χ1n) is 4.96. The Morgan fingerprint density at radius 2 is 2.29 bits per heavy atom. The van der Waals surface area contributed by atoms with E-state index in [0.717, 1.165) is 29.7 Å². The number of nitrogens with zero attached hydrogens (tertiary/aromatic N) is 2. The lowest BCUT2D eigenvalue weighted by Crippen LogP contribution is -2.17. The van der Waals surface area contributed by atoms with Crippen molar-refractivity contribution in [2.75, 3.05) is 18.8 Å². The third-order valence-electron chi connectivity index (χ3n) is 1.71. The maximum absolute atomic E-state index is 4.32. The Kier molecular flexibility index (Phi) is 5.56. The van der Waals surface area contributed by atoms with Gasteiger partial charge in [0.15, 0.2) is 5.16 Å². The quantitative estimate of drug-likeness (QED) is 0.443. The summed E-state index contributed by atoms with van der Waals surface area (Å²) >= 11 is 1.70. The monoisotopic (exact) mass is 211 g/mol. The smallest absolute Gasteiger partial charge is 0.187 e. The molecule has 0 fully saturated rings. The van der Waals surface area contributed by atoms with Gasteiger partial charge in [0.25, 0.3) is 0 Å². The van der Waals surface area contributed by atoms with Crippen LogP contribution in [0, 0.1) is 6.92 Å². The summed E-state index contributed by atoms with van der Waals surface area (Å²) in [5, 5.41) is 4.22. The predicted octanol–water partition coefficient (Wildman–Crippen LogP) is 1.88. The van der Waals surface area contributed by atoms with E-state index in [-0.39, 0.29) is 0 Å². The highest BCUT2D eigenvalue weighted by atomic mass is 32.2. The van der Waals surface area contributed by atoms with Crippen LogP contribution in [0.5, 0.6) is 0 Å². The van der Waals surface area contributed by atoms with Crippen LogP contribution in [0.25, 0.3) is 0 Å². The van der Waals surface area contributed by atoms with Crippen molar-refractivity contribution in [1.29, 1.82) is 0 Å². The number of thioether (sulfide) groups is 1. The van der Waals surface area contributed by atoms with Crippen LogP contribution in [0.15, 0.2) is 17.4 Å². The van der Waals surface area contributed by atoms with E-state index in [4.69, 9.17) is 0 Å². The second-order valence-corrected chi connectivity index (χ2v) is 4.14. The van der Waals surface area contributed by atoms with Gasteiger partial charge in [-0.3, -0.25) is 0 Å². The molecular weight excluding hydrogens is 194 g/mol. The largest absolute Gasteiger partial charge is 0.316 e. The average Bonchev–Trinajstić information content (AvgIpc) is 2.18. The molecule has 14 heavy (non-hydrogen) atoms. The molecule has 0 aromatic carbocycles. The number of aryl methyl sites for hydroxylation is 1. The molecule has 0 aliphatic heterocycles. The second kappa shape index (κ2) is 6.79. The summed E-state index contributed by atoms with van der Waals surface area (Å²) < 4.78 is 0. The van der Waals surface area contributed by atoms with E-state index >= 15 is 0 Å². The van der Waals surface area contributed by atoms with E-state index in [1.54, 1.807) is 11.8 Å². The highest BCUT2D eigenvalue weighted by molar-refractivity contribution is 7.99. The first-order valence-corrected chi connectivity index (χ1v) is 5.94. The third kappa shape index (κ3) is 4.58. The molecule has 0 bridgehead atoms. The molecule has 0 amide bonds. The predicted molar refractivity (Wildman–Crippen MR) is 60.7 cm³/mol. The van der Waals surface area contributed by atoms with Crippen molar-refractivity contribution in [2.45, 2.75) is 25.4 Å². The van der Waals surface area contributed by atoms with Crippen LogP contribution in [0.4, 0.5) is 0 Å².